The molecule has 0 N–H and O–H groups in total. The van der Waals surface area contributed by atoms with Crippen molar-refractivity contribution in [3.8, 4) is 0 Å². The summed E-state index contributed by atoms with van der Waals surface area (Å²) in [7, 11) is 0. The topological polar surface area (TPSA) is 37.4 Å². The van der Waals surface area contributed by atoms with E-state index in [2.05, 4.69) is 26.0 Å². The van der Waals surface area contributed by atoms with Crippen molar-refractivity contribution < 1.29 is 9.59 Å². The summed E-state index contributed by atoms with van der Waals surface area (Å²) >= 11 is 0. The first-order valence-electron chi connectivity index (χ1n) is 7.38. The number of rotatable bonds is 3. The molecule has 1 unspecified atom stereocenters. The van der Waals surface area contributed by atoms with E-state index >= 15 is 0 Å². The Balaban J connectivity index is 2.01. The predicted octanol–water partition coefficient (Wildman–Crippen LogP) is 2.67. The minimum atomic E-state index is 0.0347. The van der Waals surface area contributed by atoms with Crippen LogP contribution < -0.4 is 0 Å². The Morgan fingerprint density at radius 3 is 2.70 bits per heavy atom. The van der Waals surface area contributed by atoms with Gasteiger partial charge in [0.1, 0.15) is 5.78 Å². The second-order valence-corrected chi connectivity index (χ2v) is 5.76. The van der Waals surface area contributed by atoms with E-state index < -0.39 is 0 Å². The van der Waals surface area contributed by atoms with Crippen LogP contribution in [0.4, 0.5) is 0 Å². The van der Waals surface area contributed by atoms with Gasteiger partial charge in [0.25, 0.3) is 0 Å². The molecule has 108 valence electrons. The van der Waals surface area contributed by atoms with Crippen molar-refractivity contribution in [3.05, 3.63) is 34.9 Å². The van der Waals surface area contributed by atoms with Gasteiger partial charge in [0.05, 0.1) is 6.42 Å². The lowest BCUT2D eigenvalue weighted by Gasteiger charge is -2.31. The number of hydrogen-bond donors (Lipinski definition) is 0. The van der Waals surface area contributed by atoms with E-state index in [0.29, 0.717) is 31.7 Å². The number of carbonyl (C=O) groups excluding carboxylic acids is 2. The van der Waals surface area contributed by atoms with Crippen LogP contribution in [-0.4, -0.2) is 29.7 Å². The number of hydrogen-bond acceptors (Lipinski definition) is 2. The zero-order valence-electron chi connectivity index (χ0n) is 12.6. The van der Waals surface area contributed by atoms with E-state index in [4.69, 9.17) is 0 Å². The monoisotopic (exact) mass is 273 g/mol. The first-order valence-corrected chi connectivity index (χ1v) is 7.38. The summed E-state index contributed by atoms with van der Waals surface area (Å²) in [6.07, 6.45) is 1.77. The van der Waals surface area contributed by atoms with Gasteiger partial charge >= 0.3 is 0 Å². The van der Waals surface area contributed by atoms with Crippen molar-refractivity contribution in [2.24, 2.45) is 5.92 Å². The molecule has 3 nitrogen and oxygen atoms in total. The van der Waals surface area contributed by atoms with Crippen LogP contribution >= 0.6 is 0 Å². The Hall–Kier alpha value is -1.64. The Bertz CT molecular complexity index is 522. The predicted molar refractivity (Wildman–Crippen MR) is 79.6 cm³/mol. The molecule has 1 fully saturated rings. The standard InChI is InChI=1S/C17H23NO2/c1-4-15-11-18(8-7-16(15)19)17(20)10-14-6-5-12(2)13(3)9-14/h5-6,9,15H,4,7-8,10-11H2,1-3H3. The van der Waals surface area contributed by atoms with Gasteiger partial charge in [-0.05, 0) is 37.0 Å². The van der Waals surface area contributed by atoms with Gasteiger partial charge in [0.15, 0.2) is 0 Å². The van der Waals surface area contributed by atoms with Crippen molar-refractivity contribution in [1.82, 2.24) is 4.90 Å². The zero-order chi connectivity index (χ0) is 14.7. The van der Waals surface area contributed by atoms with E-state index in [9.17, 15) is 9.59 Å². The summed E-state index contributed by atoms with van der Waals surface area (Å²) in [6, 6.07) is 6.17. The second kappa shape index (κ2) is 6.21. The molecule has 0 aromatic heterocycles. The maximum Gasteiger partial charge on any atom is 0.227 e. The van der Waals surface area contributed by atoms with E-state index in [0.717, 1.165) is 12.0 Å². The first-order chi connectivity index (χ1) is 9.51. The number of amides is 1. The molecular weight excluding hydrogens is 250 g/mol. The van der Waals surface area contributed by atoms with Crippen molar-refractivity contribution in [3.63, 3.8) is 0 Å². The van der Waals surface area contributed by atoms with Crippen LogP contribution in [0.1, 0.15) is 36.5 Å². The van der Waals surface area contributed by atoms with Crippen molar-refractivity contribution in [2.75, 3.05) is 13.1 Å². The lowest BCUT2D eigenvalue weighted by Crippen LogP contribution is -2.44. The molecule has 0 aliphatic carbocycles. The SMILES string of the molecule is CCC1CN(C(=O)Cc2ccc(C)c(C)c2)CCC1=O. The molecule has 1 aromatic carbocycles. The molecule has 1 saturated heterocycles. The Morgan fingerprint density at radius 1 is 1.30 bits per heavy atom. The number of Topliss-reactive ketones (excluding diaryl/α,β-unsaturated/α-hetero) is 1. The van der Waals surface area contributed by atoms with E-state index in [1.807, 2.05) is 17.9 Å². The molecule has 0 bridgehead atoms. The van der Waals surface area contributed by atoms with Gasteiger partial charge in [-0.2, -0.15) is 0 Å². The largest absolute Gasteiger partial charge is 0.341 e. The molecule has 0 saturated carbocycles. The van der Waals surface area contributed by atoms with Crippen LogP contribution in [0, 0.1) is 19.8 Å². The number of carbonyl (C=O) groups is 2. The van der Waals surface area contributed by atoms with E-state index in [1.165, 1.54) is 11.1 Å². The molecule has 1 atom stereocenters. The summed E-state index contributed by atoms with van der Waals surface area (Å²) in [4.78, 5) is 25.9. The van der Waals surface area contributed by atoms with Crippen molar-refractivity contribution >= 4 is 11.7 Å². The molecule has 1 aliphatic rings. The average molecular weight is 273 g/mol. The highest BCUT2D eigenvalue weighted by Gasteiger charge is 2.28. The molecule has 1 aliphatic heterocycles. The molecule has 0 spiro atoms. The fraction of sp³-hybridized carbons (Fsp3) is 0.529. The van der Waals surface area contributed by atoms with Gasteiger partial charge in [-0.3, -0.25) is 9.59 Å². The molecule has 2 rings (SSSR count). The fourth-order valence-corrected chi connectivity index (χ4v) is 2.69. The van der Waals surface area contributed by atoms with Crippen LogP contribution in [0.2, 0.25) is 0 Å². The third-order valence-corrected chi connectivity index (χ3v) is 4.30. The minimum Gasteiger partial charge on any atom is -0.341 e. The molecule has 3 heteroatoms. The Labute approximate surface area is 121 Å². The number of benzene rings is 1. The van der Waals surface area contributed by atoms with Crippen LogP contribution in [0.15, 0.2) is 18.2 Å². The maximum absolute atomic E-state index is 12.3. The van der Waals surface area contributed by atoms with E-state index in [-0.39, 0.29) is 11.8 Å². The second-order valence-electron chi connectivity index (χ2n) is 5.76. The summed E-state index contributed by atoms with van der Waals surface area (Å²) in [5, 5.41) is 0. The molecule has 20 heavy (non-hydrogen) atoms. The van der Waals surface area contributed by atoms with Gasteiger partial charge in [0, 0.05) is 25.4 Å². The first kappa shape index (κ1) is 14.8. The molecule has 1 aromatic rings. The van der Waals surface area contributed by atoms with Crippen LogP contribution in [0.5, 0.6) is 0 Å². The Morgan fingerprint density at radius 2 is 2.05 bits per heavy atom. The normalized spacial score (nSPS) is 19.2. The molecule has 1 heterocycles. The quantitative estimate of drug-likeness (QED) is 0.849. The lowest BCUT2D eigenvalue weighted by atomic mass is 9.93. The van der Waals surface area contributed by atoms with Crippen LogP contribution in [0.3, 0.4) is 0 Å². The number of ketones is 1. The van der Waals surface area contributed by atoms with Gasteiger partial charge in [0.2, 0.25) is 5.91 Å². The van der Waals surface area contributed by atoms with Crippen molar-refractivity contribution in [2.45, 2.75) is 40.0 Å². The summed E-state index contributed by atoms with van der Waals surface area (Å²) in [5.74, 6) is 0.481. The fourth-order valence-electron chi connectivity index (χ4n) is 2.69. The van der Waals surface area contributed by atoms with E-state index in [1.54, 1.807) is 0 Å². The molecular formula is C17H23NO2. The van der Waals surface area contributed by atoms with Crippen molar-refractivity contribution in [1.29, 1.82) is 0 Å². The maximum atomic E-state index is 12.3. The third-order valence-electron chi connectivity index (χ3n) is 4.30. The molecule has 1 amide bonds. The summed E-state index contributed by atoms with van der Waals surface area (Å²) in [6.45, 7) is 7.33. The third kappa shape index (κ3) is 3.27. The van der Waals surface area contributed by atoms with Gasteiger partial charge in [-0.15, -0.1) is 0 Å². The zero-order valence-corrected chi connectivity index (χ0v) is 12.6. The highest BCUT2D eigenvalue weighted by atomic mass is 16.2. The number of nitrogens with zero attached hydrogens (tertiary/aromatic N) is 1. The van der Waals surface area contributed by atoms with Gasteiger partial charge < -0.3 is 4.90 Å². The number of likely N-dealkylation sites (tertiary alicyclic amines) is 1. The highest BCUT2D eigenvalue weighted by molar-refractivity contribution is 5.86. The lowest BCUT2D eigenvalue weighted by molar-refractivity contribution is -0.136. The minimum absolute atomic E-state index is 0.0347. The summed E-state index contributed by atoms with van der Waals surface area (Å²) in [5.41, 5.74) is 3.52. The van der Waals surface area contributed by atoms with Gasteiger partial charge in [-0.1, -0.05) is 25.1 Å². The average Bonchev–Trinajstić information content (AvgIpc) is 2.43. The summed E-state index contributed by atoms with van der Waals surface area (Å²) < 4.78 is 0. The van der Waals surface area contributed by atoms with Crippen LogP contribution in [-0.2, 0) is 16.0 Å². The van der Waals surface area contributed by atoms with Gasteiger partial charge in [-0.25, -0.2) is 0 Å². The number of piperidine rings is 1. The smallest absolute Gasteiger partial charge is 0.227 e. The Kier molecular flexibility index (Phi) is 4.58. The molecule has 0 radical (unpaired) electrons. The van der Waals surface area contributed by atoms with Crippen LogP contribution in [0.25, 0.3) is 0 Å². The highest BCUT2D eigenvalue weighted by Crippen LogP contribution is 2.18. The number of aryl methyl sites for hydroxylation is 2.